The molecule has 1 N–H and O–H groups in total. The first-order valence-corrected chi connectivity index (χ1v) is 6.94. The summed E-state index contributed by atoms with van der Waals surface area (Å²) in [5.41, 5.74) is 1.36. The maximum Gasteiger partial charge on any atom is 0.301 e. The van der Waals surface area contributed by atoms with Gasteiger partial charge in [0.2, 0.25) is 0 Å². The smallest absolute Gasteiger partial charge is 0.301 e. The molecule has 0 radical (unpaired) electrons. The third-order valence-corrected chi connectivity index (χ3v) is 2.74. The Morgan fingerprint density at radius 3 is 2.50 bits per heavy atom. The molecular weight excluding hydrogens is 220 g/mol. The highest BCUT2D eigenvalue weighted by Gasteiger charge is 1.93. The third kappa shape index (κ3) is 6.74. The second-order valence-corrected chi connectivity index (χ2v) is 4.26. The zero-order valence-corrected chi connectivity index (χ0v) is 11.0. The van der Waals surface area contributed by atoms with Crippen LogP contribution in [0.15, 0.2) is 30.3 Å². The molecule has 1 rings (SSSR count). The highest BCUT2D eigenvalue weighted by Crippen LogP contribution is 2.02. The van der Waals surface area contributed by atoms with E-state index >= 15 is 0 Å². The van der Waals surface area contributed by atoms with Gasteiger partial charge in [-0.15, -0.1) is 0 Å². The summed E-state index contributed by atoms with van der Waals surface area (Å²) in [4.78, 5) is 8.51. The minimum atomic E-state index is -1.22. The fourth-order valence-electron chi connectivity index (χ4n) is 1.45. The second-order valence-electron chi connectivity index (χ2n) is 3.59. The standard InChI is InChI=1S/C12H20O3Si/c13-16-15-11-5-10-14-9-4-8-12-6-2-1-3-7-12/h1-3,6-7,13H,4-5,8-11,16H2. The lowest BCUT2D eigenvalue weighted by Crippen LogP contribution is -2.04. The number of hydrogen-bond donors (Lipinski definition) is 1. The summed E-state index contributed by atoms with van der Waals surface area (Å²) in [5, 5.41) is 0. The van der Waals surface area contributed by atoms with Crippen molar-refractivity contribution in [2.75, 3.05) is 19.8 Å². The Labute approximate surface area is 99.5 Å². The molecule has 1 aromatic rings. The van der Waals surface area contributed by atoms with Crippen LogP contribution in [0.2, 0.25) is 0 Å². The molecule has 0 aromatic heterocycles. The van der Waals surface area contributed by atoms with Crippen molar-refractivity contribution in [3.05, 3.63) is 35.9 Å². The van der Waals surface area contributed by atoms with Crippen molar-refractivity contribution in [3.63, 3.8) is 0 Å². The van der Waals surface area contributed by atoms with Crippen LogP contribution in [0.1, 0.15) is 18.4 Å². The molecule has 3 nitrogen and oxygen atoms in total. The van der Waals surface area contributed by atoms with E-state index in [9.17, 15) is 0 Å². The lowest BCUT2D eigenvalue weighted by molar-refractivity contribution is 0.116. The van der Waals surface area contributed by atoms with Crippen molar-refractivity contribution < 1.29 is 14.0 Å². The van der Waals surface area contributed by atoms with E-state index in [0.29, 0.717) is 6.61 Å². The minimum absolute atomic E-state index is 0.626. The maximum atomic E-state index is 8.51. The van der Waals surface area contributed by atoms with Crippen LogP contribution in [0.5, 0.6) is 0 Å². The van der Waals surface area contributed by atoms with Gasteiger partial charge >= 0.3 is 10.0 Å². The van der Waals surface area contributed by atoms with E-state index in [-0.39, 0.29) is 0 Å². The Kier molecular flexibility index (Phi) is 7.98. The van der Waals surface area contributed by atoms with Crippen LogP contribution in [0.4, 0.5) is 0 Å². The normalized spacial score (nSPS) is 11.3. The molecule has 1 aromatic carbocycles. The fourth-order valence-corrected chi connectivity index (χ4v) is 1.79. The molecule has 0 spiro atoms. The first-order chi connectivity index (χ1) is 7.93. The number of rotatable bonds is 9. The lowest BCUT2D eigenvalue weighted by Gasteiger charge is -2.04. The predicted octanol–water partition coefficient (Wildman–Crippen LogP) is 1.03. The summed E-state index contributed by atoms with van der Waals surface area (Å²) < 4.78 is 10.4. The molecule has 90 valence electrons. The van der Waals surface area contributed by atoms with Gasteiger partial charge in [0.05, 0.1) is 0 Å². The molecule has 0 fully saturated rings. The SMILES string of the molecule is O[SiH2]OCCCOCCCc1ccccc1. The van der Waals surface area contributed by atoms with Crippen molar-refractivity contribution in [2.24, 2.45) is 0 Å². The first-order valence-electron chi connectivity index (χ1n) is 5.74. The van der Waals surface area contributed by atoms with Gasteiger partial charge in [0.15, 0.2) is 0 Å². The first kappa shape index (κ1) is 13.4. The molecule has 0 saturated carbocycles. The largest absolute Gasteiger partial charge is 0.415 e. The molecule has 0 saturated heterocycles. The Bertz CT molecular complexity index is 254. The zero-order valence-electron chi connectivity index (χ0n) is 9.60. The van der Waals surface area contributed by atoms with Crippen molar-refractivity contribution in [1.29, 1.82) is 0 Å². The van der Waals surface area contributed by atoms with Crippen LogP contribution in [0, 0.1) is 0 Å². The number of hydrogen-bond acceptors (Lipinski definition) is 3. The summed E-state index contributed by atoms with van der Waals surface area (Å²) in [6.07, 6.45) is 3.00. The van der Waals surface area contributed by atoms with E-state index in [1.807, 2.05) is 6.07 Å². The van der Waals surface area contributed by atoms with Gasteiger partial charge in [0.25, 0.3) is 0 Å². The Morgan fingerprint density at radius 2 is 1.75 bits per heavy atom. The Hall–Kier alpha value is -0.683. The molecule has 0 heterocycles. The molecule has 0 bridgehead atoms. The number of aryl methyl sites for hydroxylation is 1. The molecule has 4 heteroatoms. The van der Waals surface area contributed by atoms with E-state index in [1.165, 1.54) is 5.56 Å². The monoisotopic (exact) mass is 240 g/mol. The van der Waals surface area contributed by atoms with Gasteiger partial charge in [-0.25, -0.2) is 0 Å². The van der Waals surface area contributed by atoms with Crippen molar-refractivity contribution in [3.8, 4) is 0 Å². The van der Waals surface area contributed by atoms with Crippen LogP contribution in [-0.4, -0.2) is 34.6 Å². The van der Waals surface area contributed by atoms with Gasteiger partial charge in [0, 0.05) is 19.8 Å². The van der Waals surface area contributed by atoms with Crippen molar-refractivity contribution in [2.45, 2.75) is 19.3 Å². The van der Waals surface area contributed by atoms with E-state index in [4.69, 9.17) is 14.0 Å². The van der Waals surface area contributed by atoms with E-state index in [1.54, 1.807) is 0 Å². The fraction of sp³-hybridized carbons (Fsp3) is 0.500. The summed E-state index contributed by atoms with van der Waals surface area (Å²) in [5.74, 6) is 0. The Morgan fingerprint density at radius 1 is 1.00 bits per heavy atom. The molecule has 0 aliphatic heterocycles. The molecule has 0 aliphatic rings. The maximum absolute atomic E-state index is 8.51. The second kappa shape index (κ2) is 9.54. The lowest BCUT2D eigenvalue weighted by atomic mass is 10.1. The average Bonchev–Trinajstić information content (AvgIpc) is 2.34. The third-order valence-electron chi connectivity index (χ3n) is 2.27. The van der Waals surface area contributed by atoms with Gasteiger partial charge in [-0.05, 0) is 24.8 Å². The number of benzene rings is 1. The highest BCUT2D eigenvalue weighted by molar-refractivity contribution is 6.15. The van der Waals surface area contributed by atoms with Gasteiger partial charge < -0.3 is 14.0 Å². The van der Waals surface area contributed by atoms with Crippen LogP contribution in [0.25, 0.3) is 0 Å². The number of ether oxygens (including phenoxy) is 1. The van der Waals surface area contributed by atoms with Crippen LogP contribution in [-0.2, 0) is 15.6 Å². The molecule has 0 amide bonds. The van der Waals surface area contributed by atoms with Crippen LogP contribution >= 0.6 is 0 Å². The molecular formula is C12H20O3Si. The van der Waals surface area contributed by atoms with Crippen LogP contribution < -0.4 is 0 Å². The van der Waals surface area contributed by atoms with E-state index in [2.05, 4.69) is 24.3 Å². The predicted molar refractivity (Wildman–Crippen MR) is 66.9 cm³/mol. The van der Waals surface area contributed by atoms with E-state index < -0.39 is 10.0 Å². The van der Waals surface area contributed by atoms with Gasteiger partial charge in [0.1, 0.15) is 0 Å². The van der Waals surface area contributed by atoms with Crippen molar-refractivity contribution >= 4 is 10.0 Å². The Balaban J connectivity index is 1.89. The van der Waals surface area contributed by atoms with Gasteiger partial charge in [-0.1, -0.05) is 30.3 Å². The molecule has 0 unspecified atom stereocenters. The molecule has 0 aliphatic carbocycles. The van der Waals surface area contributed by atoms with Gasteiger partial charge in [-0.2, -0.15) is 0 Å². The highest BCUT2D eigenvalue weighted by atomic mass is 28.2. The average molecular weight is 240 g/mol. The summed E-state index contributed by atoms with van der Waals surface area (Å²) in [6, 6.07) is 10.4. The summed E-state index contributed by atoms with van der Waals surface area (Å²) in [7, 11) is -1.22. The van der Waals surface area contributed by atoms with Gasteiger partial charge in [-0.3, -0.25) is 0 Å². The van der Waals surface area contributed by atoms with Crippen molar-refractivity contribution in [1.82, 2.24) is 0 Å². The van der Waals surface area contributed by atoms with E-state index in [0.717, 1.165) is 32.5 Å². The zero-order chi connectivity index (χ0) is 11.5. The summed E-state index contributed by atoms with van der Waals surface area (Å²) >= 11 is 0. The summed E-state index contributed by atoms with van der Waals surface area (Å²) in [6.45, 7) is 2.15. The quantitative estimate of drug-likeness (QED) is 0.518. The minimum Gasteiger partial charge on any atom is -0.415 e. The molecule has 0 atom stereocenters. The topological polar surface area (TPSA) is 38.7 Å². The molecule has 16 heavy (non-hydrogen) atoms. The van der Waals surface area contributed by atoms with Crippen LogP contribution in [0.3, 0.4) is 0 Å².